The Hall–Kier alpha value is -2.30. The summed E-state index contributed by atoms with van der Waals surface area (Å²) in [4.78, 5) is 16.3. The molecule has 19 heavy (non-hydrogen) atoms. The number of anilines is 1. The van der Waals surface area contributed by atoms with Crippen LogP contribution in [0, 0.1) is 0 Å². The molecule has 0 aliphatic heterocycles. The zero-order chi connectivity index (χ0) is 13.7. The summed E-state index contributed by atoms with van der Waals surface area (Å²) in [5.74, 6) is 0.730. The van der Waals surface area contributed by atoms with Gasteiger partial charge in [0.15, 0.2) is 0 Å². The monoisotopic (exact) mass is 258 g/mol. The second-order valence-corrected chi connectivity index (χ2v) is 4.21. The maximum absolute atomic E-state index is 12.2. The van der Waals surface area contributed by atoms with Crippen molar-refractivity contribution in [2.24, 2.45) is 7.05 Å². The molecule has 0 spiro atoms. The van der Waals surface area contributed by atoms with Crippen molar-refractivity contribution in [3.8, 4) is 0 Å². The Balaban J connectivity index is 2.06. The minimum atomic E-state index is -0.0976. The summed E-state index contributed by atoms with van der Waals surface area (Å²) in [7, 11) is 1.90. The summed E-state index contributed by atoms with van der Waals surface area (Å²) < 4.78 is 1.89. The number of carbonyl (C=O) groups excluding carboxylic acids is 1. The zero-order valence-electron chi connectivity index (χ0n) is 11.2. The Labute approximate surface area is 112 Å². The summed E-state index contributed by atoms with van der Waals surface area (Å²) in [6, 6.07) is 7.48. The predicted molar refractivity (Wildman–Crippen MR) is 75.0 cm³/mol. The van der Waals surface area contributed by atoms with Crippen LogP contribution in [0.3, 0.4) is 0 Å². The molecule has 0 unspecified atom stereocenters. The second-order valence-electron chi connectivity index (χ2n) is 4.21. The van der Waals surface area contributed by atoms with Crippen LogP contribution in [0.5, 0.6) is 0 Å². The smallest absolute Gasteiger partial charge is 0.253 e. The number of nitrogens with one attached hydrogen (secondary N) is 2. The van der Waals surface area contributed by atoms with Crippen molar-refractivity contribution >= 4 is 11.6 Å². The molecule has 2 rings (SSSR count). The molecular formula is C14H18N4O. The summed E-state index contributed by atoms with van der Waals surface area (Å²) in [6.07, 6.45) is 3.57. The molecular weight excluding hydrogens is 240 g/mol. The molecule has 5 nitrogen and oxygen atoms in total. The van der Waals surface area contributed by atoms with Gasteiger partial charge >= 0.3 is 0 Å². The Morgan fingerprint density at radius 3 is 2.84 bits per heavy atom. The maximum atomic E-state index is 12.2. The van der Waals surface area contributed by atoms with E-state index >= 15 is 0 Å². The number of rotatable bonds is 5. The molecule has 1 aromatic carbocycles. The van der Waals surface area contributed by atoms with Crippen LogP contribution in [0.2, 0.25) is 0 Å². The number of aromatic nitrogens is 2. The van der Waals surface area contributed by atoms with Crippen LogP contribution in [-0.4, -0.2) is 22.0 Å². The highest BCUT2D eigenvalue weighted by Gasteiger charge is 2.10. The minimum Gasteiger partial charge on any atom is -0.385 e. The molecule has 0 fully saturated rings. The number of hydrogen-bond donors (Lipinski definition) is 2. The van der Waals surface area contributed by atoms with Crippen LogP contribution < -0.4 is 10.6 Å². The Morgan fingerprint density at radius 1 is 1.37 bits per heavy atom. The van der Waals surface area contributed by atoms with E-state index in [-0.39, 0.29) is 5.91 Å². The van der Waals surface area contributed by atoms with Gasteiger partial charge in [-0.05, 0) is 19.1 Å². The largest absolute Gasteiger partial charge is 0.385 e. The van der Waals surface area contributed by atoms with Gasteiger partial charge in [0.1, 0.15) is 5.82 Å². The lowest BCUT2D eigenvalue weighted by Gasteiger charge is -2.10. The number of benzene rings is 1. The van der Waals surface area contributed by atoms with Crippen LogP contribution in [-0.2, 0) is 13.6 Å². The van der Waals surface area contributed by atoms with E-state index in [0.29, 0.717) is 12.1 Å². The molecule has 0 aliphatic rings. The lowest BCUT2D eigenvalue weighted by Crippen LogP contribution is -2.25. The van der Waals surface area contributed by atoms with Crippen LogP contribution in [0.4, 0.5) is 5.69 Å². The van der Waals surface area contributed by atoms with Crippen molar-refractivity contribution in [3.63, 3.8) is 0 Å². The second kappa shape index (κ2) is 6.04. The molecule has 0 radical (unpaired) electrons. The number of carbonyl (C=O) groups is 1. The number of aryl methyl sites for hydroxylation is 1. The SMILES string of the molecule is CCNc1ccccc1C(=O)NCc1nccn1C. The topological polar surface area (TPSA) is 59.0 Å². The minimum absolute atomic E-state index is 0.0976. The molecule has 0 aliphatic carbocycles. The van der Waals surface area contributed by atoms with E-state index in [1.165, 1.54) is 0 Å². The van der Waals surface area contributed by atoms with E-state index in [1.807, 2.05) is 49.0 Å². The Bertz CT molecular complexity index is 562. The third-order valence-corrected chi connectivity index (χ3v) is 2.87. The lowest BCUT2D eigenvalue weighted by atomic mass is 10.1. The number of nitrogens with zero attached hydrogens (tertiary/aromatic N) is 2. The van der Waals surface area contributed by atoms with Gasteiger partial charge in [-0.15, -0.1) is 0 Å². The molecule has 2 N–H and O–H groups in total. The summed E-state index contributed by atoms with van der Waals surface area (Å²) in [6.45, 7) is 3.20. The van der Waals surface area contributed by atoms with Gasteiger partial charge in [-0.2, -0.15) is 0 Å². The van der Waals surface area contributed by atoms with E-state index < -0.39 is 0 Å². The lowest BCUT2D eigenvalue weighted by molar-refractivity contribution is 0.0950. The first-order valence-electron chi connectivity index (χ1n) is 6.29. The van der Waals surface area contributed by atoms with Crippen molar-refractivity contribution < 1.29 is 4.79 Å². The Morgan fingerprint density at radius 2 is 2.16 bits per heavy atom. The molecule has 2 aromatic rings. The standard InChI is InChI=1S/C14H18N4O/c1-3-15-12-7-5-4-6-11(12)14(19)17-10-13-16-8-9-18(13)2/h4-9,15H,3,10H2,1-2H3,(H,17,19). The van der Waals surface area contributed by atoms with Crippen molar-refractivity contribution in [2.75, 3.05) is 11.9 Å². The van der Waals surface area contributed by atoms with Gasteiger partial charge in [0.05, 0.1) is 12.1 Å². The van der Waals surface area contributed by atoms with Gasteiger partial charge in [0, 0.05) is 31.7 Å². The molecule has 0 saturated heterocycles. The fourth-order valence-electron chi connectivity index (χ4n) is 1.85. The van der Waals surface area contributed by atoms with Gasteiger partial charge in [-0.1, -0.05) is 12.1 Å². The first-order valence-corrected chi connectivity index (χ1v) is 6.29. The third kappa shape index (κ3) is 3.13. The van der Waals surface area contributed by atoms with Gasteiger partial charge in [0.25, 0.3) is 5.91 Å². The van der Waals surface area contributed by atoms with E-state index in [9.17, 15) is 4.79 Å². The highest BCUT2D eigenvalue weighted by Crippen LogP contribution is 2.14. The van der Waals surface area contributed by atoms with E-state index in [0.717, 1.165) is 18.1 Å². The number of para-hydroxylation sites is 1. The van der Waals surface area contributed by atoms with Crippen LogP contribution >= 0.6 is 0 Å². The predicted octanol–water partition coefficient (Wildman–Crippen LogP) is 1.78. The van der Waals surface area contributed by atoms with Crippen LogP contribution in [0.25, 0.3) is 0 Å². The van der Waals surface area contributed by atoms with E-state index in [4.69, 9.17) is 0 Å². The van der Waals surface area contributed by atoms with Gasteiger partial charge < -0.3 is 15.2 Å². The normalized spacial score (nSPS) is 10.2. The molecule has 1 aromatic heterocycles. The highest BCUT2D eigenvalue weighted by molar-refractivity contribution is 5.99. The molecule has 1 heterocycles. The van der Waals surface area contributed by atoms with Crippen LogP contribution in [0.15, 0.2) is 36.7 Å². The molecule has 0 saturated carbocycles. The fourth-order valence-corrected chi connectivity index (χ4v) is 1.85. The molecule has 100 valence electrons. The summed E-state index contributed by atoms with van der Waals surface area (Å²) in [5.41, 5.74) is 1.50. The molecule has 0 atom stereocenters. The highest BCUT2D eigenvalue weighted by atomic mass is 16.1. The van der Waals surface area contributed by atoms with Gasteiger partial charge in [0.2, 0.25) is 0 Å². The summed E-state index contributed by atoms with van der Waals surface area (Å²) in [5, 5.41) is 6.06. The molecule has 5 heteroatoms. The Kier molecular flexibility index (Phi) is 4.18. The van der Waals surface area contributed by atoms with E-state index in [1.54, 1.807) is 6.20 Å². The van der Waals surface area contributed by atoms with Crippen molar-refractivity contribution in [1.29, 1.82) is 0 Å². The van der Waals surface area contributed by atoms with Crippen LogP contribution in [0.1, 0.15) is 23.1 Å². The van der Waals surface area contributed by atoms with Crippen molar-refractivity contribution in [2.45, 2.75) is 13.5 Å². The van der Waals surface area contributed by atoms with Crippen molar-refractivity contribution in [1.82, 2.24) is 14.9 Å². The van der Waals surface area contributed by atoms with Gasteiger partial charge in [-0.3, -0.25) is 4.79 Å². The third-order valence-electron chi connectivity index (χ3n) is 2.87. The fraction of sp³-hybridized carbons (Fsp3) is 0.286. The van der Waals surface area contributed by atoms with Gasteiger partial charge in [-0.25, -0.2) is 4.98 Å². The molecule has 0 bridgehead atoms. The summed E-state index contributed by atoms with van der Waals surface area (Å²) >= 11 is 0. The van der Waals surface area contributed by atoms with E-state index in [2.05, 4.69) is 15.6 Å². The average molecular weight is 258 g/mol. The first kappa shape index (κ1) is 13.1. The number of hydrogen-bond acceptors (Lipinski definition) is 3. The quantitative estimate of drug-likeness (QED) is 0.859. The zero-order valence-corrected chi connectivity index (χ0v) is 11.2. The number of imidazole rings is 1. The first-order chi connectivity index (χ1) is 9.22. The maximum Gasteiger partial charge on any atom is 0.253 e. The number of amides is 1. The average Bonchev–Trinajstić information content (AvgIpc) is 2.82. The van der Waals surface area contributed by atoms with Crippen molar-refractivity contribution in [3.05, 3.63) is 48.0 Å². The molecule has 1 amide bonds.